The number of nitrogens with zero attached hydrogens (tertiary/aromatic N) is 2. The van der Waals surface area contributed by atoms with Crippen molar-refractivity contribution in [1.82, 2.24) is 31.2 Å². The lowest BCUT2D eigenvalue weighted by molar-refractivity contribution is -0.144. The summed E-state index contributed by atoms with van der Waals surface area (Å²) in [6.45, 7) is 11.0. The Morgan fingerprint density at radius 3 is 2.17 bits per heavy atom. The predicted molar refractivity (Wildman–Crippen MR) is 152 cm³/mol. The van der Waals surface area contributed by atoms with Crippen LogP contribution in [0, 0.1) is 11.8 Å². The number of carbonyl (C=O) groups excluding carboxylic acids is 6. The van der Waals surface area contributed by atoms with Crippen LogP contribution in [0.2, 0.25) is 0 Å². The van der Waals surface area contributed by atoms with E-state index in [1.807, 2.05) is 6.92 Å². The highest BCUT2D eigenvalue weighted by molar-refractivity contribution is 6.38. The molecule has 0 saturated carbocycles. The maximum atomic E-state index is 13.6. The molecule has 5 atom stereocenters. The molecule has 0 spiro atoms. The highest BCUT2D eigenvalue weighted by Crippen LogP contribution is 2.21. The number of hydrogen-bond acceptors (Lipinski definition) is 7. The summed E-state index contributed by atoms with van der Waals surface area (Å²) in [6.07, 6.45) is 5.39. The standard InChI is InChI=1S/C29H44N6O6/c1-7-9-21(25(37)28(40)32-19(6)20-11-13-30-14-12-20)33-26(38)22-10-8-15-35(22)29(41)24(18(4)5)34-27(39)23(17(2)3)31-16-36/h11-14,16-19,21-24H,7-10,15H2,1-6H3,(H,31,36)(H,32,40)(H,33,38)(H,34,39)/t19-,21?,22+,23-,24+/m1/s1. The monoisotopic (exact) mass is 572 g/mol. The van der Waals surface area contributed by atoms with Gasteiger partial charge in [-0.2, -0.15) is 0 Å². The van der Waals surface area contributed by atoms with E-state index in [4.69, 9.17) is 0 Å². The zero-order valence-corrected chi connectivity index (χ0v) is 24.8. The van der Waals surface area contributed by atoms with Gasteiger partial charge in [-0.1, -0.05) is 41.0 Å². The van der Waals surface area contributed by atoms with Crippen LogP contribution in [0.3, 0.4) is 0 Å². The van der Waals surface area contributed by atoms with Crippen LogP contribution < -0.4 is 21.3 Å². The SMILES string of the molecule is CCCC(NC(=O)[C@@H]1CCCN1C(=O)[C@@H](NC(=O)[C@H](NC=O)C(C)C)C(C)C)C(=O)C(=O)N[C@H](C)c1ccncc1. The van der Waals surface area contributed by atoms with Crippen molar-refractivity contribution < 1.29 is 28.8 Å². The molecule has 2 rings (SSSR count). The molecule has 1 aliphatic heterocycles. The first-order valence-corrected chi connectivity index (χ1v) is 14.3. The Morgan fingerprint density at radius 1 is 0.976 bits per heavy atom. The molecule has 4 N–H and O–H groups in total. The summed E-state index contributed by atoms with van der Waals surface area (Å²) < 4.78 is 0. The third-order valence-corrected chi connectivity index (χ3v) is 7.25. The summed E-state index contributed by atoms with van der Waals surface area (Å²) in [4.78, 5) is 82.1. The number of pyridine rings is 1. The summed E-state index contributed by atoms with van der Waals surface area (Å²) in [5.74, 6) is -3.48. The third kappa shape index (κ3) is 9.09. The van der Waals surface area contributed by atoms with E-state index < -0.39 is 59.6 Å². The van der Waals surface area contributed by atoms with Crippen LogP contribution in [0.5, 0.6) is 0 Å². The van der Waals surface area contributed by atoms with E-state index in [-0.39, 0.29) is 18.3 Å². The van der Waals surface area contributed by atoms with E-state index in [0.717, 1.165) is 5.56 Å². The Hall–Kier alpha value is -3.83. The van der Waals surface area contributed by atoms with Gasteiger partial charge in [0.1, 0.15) is 18.1 Å². The molecule has 1 fully saturated rings. The molecule has 1 aromatic heterocycles. The summed E-state index contributed by atoms with van der Waals surface area (Å²) in [5.41, 5.74) is 0.783. The first-order chi connectivity index (χ1) is 19.4. The second-order valence-corrected chi connectivity index (χ2v) is 11.1. The Morgan fingerprint density at radius 2 is 1.61 bits per heavy atom. The lowest BCUT2D eigenvalue weighted by Crippen LogP contribution is -2.59. The molecule has 41 heavy (non-hydrogen) atoms. The molecule has 1 aliphatic rings. The molecule has 226 valence electrons. The Labute approximate surface area is 241 Å². The van der Waals surface area contributed by atoms with Crippen LogP contribution >= 0.6 is 0 Å². The molecule has 1 aromatic rings. The number of hydrogen-bond donors (Lipinski definition) is 4. The highest BCUT2D eigenvalue weighted by atomic mass is 16.2. The number of likely N-dealkylation sites (tertiary alicyclic amines) is 1. The molecule has 2 heterocycles. The predicted octanol–water partition coefficient (Wildman–Crippen LogP) is 1.02. The van der Waals surface area contributed by atoms with Gasteiger partial charge < -0.3 is 26.2 Å². The summed E-state index contributed by atoms with van der Waals surface area (Å²) >= 11 is 0. The minimum Gasteiger partial charge on any atom is -0.347 e. The van der Waals surface area contributed by atoms with E-state index in [1.165, 1.54) is 4.90 Å². The zero-order valence-electron chi connectivity index (χ0n) is 24.8. The van der Waals surface area contributed by atoms with Gasteiger partial charge in [-0.05, 0) is 55.7 Å². The van der Waals surface area contributed by atoms with E-state index >= 15 is 0 Å². The quantitative estimate of drug-likeness (QED) is 0.180. The Bertz CT molecular complexity index is 1080. The molecular weight excluding hydrogens is 528 g/mol. The molecule has 0 aliphatic carbocycles. The van der Waals surface area contributed by atoms with Crippen LogP contribution in [-0.2, 0) is 28.8 Å². The third-order valence-electron chi connectivity index (χ3n) is 7.25. The minimum atomic E-state index is -1.04. The summed E-state index contributed by atoms with van der Waals surface area (Å²) in [7, 11) is 0. The Kier molecular flexibility index (Phi) is 12.9. The zero-order chi connectivity index (χ0) is 30.7. The van der Waals surface area contributed by atoms with Crippen molar-refractivity contribution in [2.45, 2.75) is 97.4 Å². The van der Waals surface area contributed by atoms with Gasteiger partial charge in [-0.25, -0.2) is 0 Å². The molecule has 1 saturated heterocycles. The largest absolute Gasteiger partial charge is 0.347 e. The minimum absolute atomic E-state index is 0.202. The van der Waals surface area contributed by atoms with Crippen molar-refractivity contribution in [3.05, 3.63) is 30.1 Å². The number of rotatable bonds is 15. The van der Waals surface area contributed by atoms with Crippen LogP contribution in [0.4, 0.5) is 0 Å². The molecule has 12 heteroatoms. The van der Waals surface area contributed by atoms with E-state index in [0.29, 0.717) is 32.2 Å². The van der Waals surface area contributed by atoms with Crippen molar-refractivity contribution in [2.24, 2.45) is 11.8 Å². The first-order valence-electron chi connectivity index (χ1n) is 14.3. The van der Waals surface area contributed by atoms with E-state index in [1.54, 1.807) is 59.1 Å². The second kappa shape index (κ2) is 15.8. The molecule has 12 nitrogen and oxygen atoms in total. The fraction of sp³-hybridized carbons (Fsp3) is 0.621. The van der Waals surface area contributed by atoms with Gasteiger partial charge in [0.2, 0.25) is 29.9 Å². The fourth-order valence-electron chi connectivity index (χ4n) is 4.87. The number of nitrogens with one attached hydrogen (secondary N) is 4. The normalized spacial score (nSPS) is 17.8. The number of aromatic nitrogens is 1. The van der Waals surface area contributed by atoms with Gasteiger partial charge >= 0.3 is 0 Å². The number of ketones is 1. The summed E-state index contributed by atoms with van der Waals surface area (Å²) in [5, 5.41) is 10.6. The average molecular weight is 573 g/mol. The van der Waals surface area contributed by atoms with Crippen LogP contribution in [0.15, 0.2) is 24.5 Å². The fourth-order valence-corrected chi connectivity index (χ4v) is 4.87. The molecular formula is C29H44N6O6. The van der Waals surface area contributed by atoms with E-state index in [9.17, 15) is 28.8 Å². The van der Waals surface area contributed by atoms with E-state index in [2.05, 4.69) is 26.3 Å². The van der Waals surface area contributed by atoms with Crippen LogP contribution in [-0.4, -0.2) is 76.4 Å². The molecule has 0 aromatic carbocycles. The smallest absolute Gasteiger partial charge is 0.290 e. The molecule has 0 radical (unpaired) electrons. The first kappa shape index (κ1) is 33.4. The van der Waals surface area contributed by atoms with Crippen molar-refractivity contribution in [3.8, 4) is 0 Å². The molecule has 5 amide bonds. The van der Waals surface area contributed by atoms with Gasteiger partial charge in [0.05, 0.1) is 12.1 Å². The van der Waals surface area contributed by atoms with Gasteiger partial charge in [0.25, 0.3) is 5.91 Å². The van der Waals surface area contributed by atoms with Crippen LogP contribution in [0.25, 0.3) is 0 Å². The van der Waals surface area contributed by atoms with Gasteiger partial charge in [0.15, 0.2) is 0 Å². The maximum Gasteiger partial charge on any atom is 0.290 e. The van der Waals surface area contributed by atoms with Crippen molar-refractivity contribution in [3.63, 3.8) is 0 Å². The maximum absolute atomic E-state index is 13.6. The highest BCUT2D eigenvalue weighted by Gasteiger charge is 2.40. The molecule has 0 bridgehead atoms. The second-order valence-electron chi connectivity index (χ2n) is 11.1. The van der Waals surface area contributed by atoms with Crippen molar-refractivity contribution in [1.29, 1.82) is 0 Å². The average Bonchev–Trinajstić information content (AvgIpc) is 3.44. The van der Waals surface area contributed by atoms with Crippen LogP contribution in [0.1, 0.15) is 78.8 Å². The lowest BCUT2D eigenvalue weighted by atomic mass is 9.99. The van der Waals surface area contributed by atoms with Crippen molar-refractivity contribution in [2.75, 3.05) is 6.54 Å². The van der Waals surface area contributed by atoms with Gasteiger partial charge in [-0.15, -0.1) is 0 Å². The number of amides is 5. The molecule has 1 unspecified atom stereocenters. The lowest BCUT2D eigenvalue weighted by Gasteiger charge is -2.32. The van der Waals surface area contributed by atoms with Gasteiger partial charge in [-0.3, -0.25) is 33.8 Å². The Balaban J connectivity index is 2.13. The van der Waals surface area contributed by atoms with Crippen molar-refractivity contribution >= 4 is 35.8 Å². The topological polar surface area (TPSA) is 167 Å². The number of carbonyl (C=O) groups is 6. The summed E-state index contributed by atoms with van der Waals surface area (Å²) in [6, 6.07) is -0.582. The van der Waals surface area contributed by atoms with Gasteiger partial charge in [0, 0.05) is 18.9 Å². The number of Topliss-reactive ketones (excluding diaryl/α,β-unsaturated/α-hetero) is 1.